The van der Waals surface area contributed by atoms with Crippen molar-refractivity contribution in [2.75, 3.05) is 17.4 Å². The van der Waals surface area contributed by atoms with Crippen LogP contribution in [-0.2, 0) is 27.3 Å². The second kappa shape index (κ2) is 9.74. The monoisotopic (exact) mass is 393 g/mol. The molecule has 6 heteroatoms. The number of carbonyl (C=O) groups excluding carboxylic acids is 2. The fraction of sp³-hybridized carbons (Fsp3) is 0.400. The number of nitrogens with zero attached hydrogens (tertiary/aromatic N) is 1. The van der Waals surface area contributed by atoms with Crippen molar-refractivity contribution in [2.24, 2.45) is 0 Å². The molecular formula is C20H24ClNO3S. The fourth-order valence-electron chi connectivity index (χ4n) is 2.85. The van der Waals surface area contributed by atoms with Gasteiger partial charge in [0.2, 0.25) is 5.91 Å². The third kappa shape index (κ3) is 5.32. The number of thiophene rings is 1. The van der Waals surface area contributed by atoms with Crippen molar-refractivity contribution in [3.8, 4) is 0 Å². The van der Waals surface area contributed by atoms with E-state index >= 15 is 0 Å². The van der Waals surface area contributed by atoms with Crippen LogP contribution in [0.3, 0.4) is 0 Å². The Balaban J connectivity index is 2.15. The van der Waals surface area contributed by atoms with Crippen molar-refractivity contribution < 1.29 is 14.3 Å². The van der Waals surface area contributed by atoms with Gasteiger partial charge in [0.05, 0.1) is 19.6 Å². The van der Waals surface area contributed by atoms with Gasteiger partial charge in [-0.1, -0.05) is 18.2 Å². The van der Waals surface area contributed by atoms with Crippen molar-refractivity contribution >= 4 is 40.5 Å². The van der Waals surface area contributed by atoms with Crippen LogP contribution < -0.4 is 4.90 Å². The minimum atomic E-state index is -0.183. The van der Waals surface area contributed by atoms with Gasteiger partial charge in [0.25, 0.3) is 0 Å². The highest BCUT2D eigenvalue weighted by Gasteiger charge is 2.20. The Morgan fingerprint density at radius 2 is 1.77 bits per heavy atom. The average molecular weight is 394 g/mol. The number of ether oxygens (including phenoxy) is 1. The van der Waals surface area contributed by atoms with Gasteiger partial charge in [0.15, 0.2) is 0 Å². The molecule has 0 N–H and O–H groups in total. The summed E-state index contributed by atoms with van der Waals surface area (Å²) in [6.07, 6.45) is 1.02. The van der Waals surface area contributed by atoms with Crippen LogP contribution in [-0.4, -0.2) is 24.4 Å². The third-order valence-electron chi connectivity index (χ3n) is 4.04. The molecule has 1 heterocycles. The average Bonchev–Trinajstić information content (AvgIpc) is 3.06. The van der Waals surface area contributed by atoms with Crippen LogP contribution in [0.4, 0.5) is 5.69 Å². The van der Waals surface area contributed by atoms with Gasteiger partial charge in [-0.3, -0.25) is 9.59 Å². The summed E-state index contributed by atoms with van der Waals surface area (Å²) in [6.45, 7) is 6.67. The summed E-state index contributed by atoms with van der Waals surface area (Å²) < 4.78 is 4.96. The van der Waals surface area contributed by atoms with E-state index in [-0.39, 0.29) is 17.8 Å². The predicted octanol–water partition coefficient (Wildman–Crippen LogP) is 4.63. The number of para-hydroxylation sites is 1. The van der Waals surface area contributed by atoms with Crippen LogP contribution in [0, 0.1) is 13.8 Å². The van der Waals surface area contributed by atoms with Gasteiger partial charge in [0, 0.05) is 15.4 Å². The number of halogens is 1. The largest absolute Gasteiger partial charge is 0.466 e. The Morgan fingerprint density at radius 1 is 1.12 bits per heavy atom. The number of hydrogen-bond donors (Lipinski definition) is 0. The molecule has 140 valence electrons. The first-order valence-electron chi connectivity index (χ1n) is 8.62. The standard InChI is InChI=1S/C20H24ClNO3S/c1-4-25-19(24)11-10-16-8-9-17(26-16)13-22(18(23)12-21)20-14(2)6-5-7-15(20)3/h5-9H,4,10-13H2,1-3H3. The molecular weight excluding hydrogens is 370 g/mol. The van der Waals surface area contributed by atoms with E-state index in [2.05, 4.69) is 0 Å². The van der Waals surface area contributed by atoms with E-state index in [0.29, 0.717) is 26.0 Å². The number of esters is 1. The van der Waals surface area contributed by atoms with Crippen LogP contribution in [0.25, 0.3) is 0 Å². The Morgan fingerprint density at radius 3 is 2.38 bits per heavy atom. The quantitative estimate of drug-likeness (QED) is 0.485. The lowest BCUT2D eigenvalue weighted by Crippen LogP contribution is -2.32. The second-order valence-corrected chi connectivity index (χ2v) is 7.55. The van der Waals surface area contributed by atoms with Gasteiger partial charge in [-0.25, -0.2) is 0 Å². The Hall–Kier alpha value is -1.85. The third-order valence-corrected chi connectivity index (χ3v) is 5.40. The minimum absolute atomic E-state index is 0.0606. The maximum absolute atomic E-state index is 12.5. The highest BCUT2D eigenvalue weighted by Crippen LogP contribution is 2.28. The summed E-state index contributed by atoms with van der Waals surface area (Å²) in [5.74, 6) is -0.364. The smallest absolute Gasteiger partial charge is 0.306 e. The number of amides is 1. The predicted molar refractivity (Wildman–Crippen MR) is 107 cm³/mol. The van der Waals surface area contributed by atoms with Crippen molar-refractivity contribution in [2.45, 2.75) is 40.2 Å². The van der Waals surface area contributed by atoms with Gasteiger partial charge < -0.3 is 9.64 Å². The Kier molecular flexibility index (Phi) is 7.66. The van der Waals surface area contributed by atoms with Gasteiger partial charge >= 0.3 is 5.97 Å². The lowest BCUT2D eigenvalue weighted by Gasteiger charge is -2.25. The summed E-state index contributed by atoms with van der Waals surface area (Å²) in [5, 5.41) is 0. The summed E-state index contributed by atoms with van der Waals surface area (Å²) >= 11 is 7.46. The van der Waals surface area contributed by atoms with Gasteiger partial charge in [-0.2, -0.15) is 0 Å². The molecule has 0 unspecified atom stereocenters. The lowest BCUT2D eigenvalue weighted by molar-refractivity contribution is -0.143. The molecule has 0 saturated heterocycles. The molecule has 0 fully saturated rings. The van der Waals surface area contributed by atoms with Gasteiger partial charge in [0.1, 0.15) is 5.88 Å². The number of alkyl halides is 1. The maximum atomic E-state index is 12.5. The maximum Gasteiger partial charge on any atom is 0.306 e. The minimum Gasteiger partial charge on any atom is -0.466 e. The first kappa shape index (κ1) is 20.5. The van der Waals surface area contributed by atoms with E-state index in [4.69, 9.17) is 16.3 Å². The SMILES string of the molecule is CCOC(=O)CCc1ccc(CN(C(=O)CCl)c2c(C)cccc2C)s1. The molecule has 0 atom stereocenters. The molecule has 0 aliphatic heterocycles. The van der Waals surface area contributed by atoms with E-state index in [1.165, 1.54) is 0 Å². The zero-order valence-electron chi connectivity index (χ0n) is 15.4. The molecule has 0 spiro atoms. The van der Waals surface area contributed by atoms with E-state index < -0.39 is 0 Å². The van der Waals surface area contributed by atoms with Crippen molar-refractivity contribution in [3.63, 3.8) is 0 Å². The fourth-order valence-corrected chi connectivity index (χ4v) is 4.00. The summed E-state index contributed by atoms with van der Waals surface area (Å²) in [7, 11) is 0. The molecule has 0 saturated carbocycles. The van der Waals surface area contributed by atoms with E-state index in [1.807, 2.05) is 44.2 Å². The molecule has 26 heavy (non-hydrogen) atoms. The Bertz CT molecular complexity index is 752. The lowest BCUT2D eigenvalue weighted by atomic mass is 10.1. The van der Waals surface area contributed by atoms with Crippen LogP contribution in [0.5, 0.6) is 0 Å². The van der Waals surface area contributed by atoms with E-state index in [0.717, 1.165) is 26.6 Å². The Labute approximate surface area is 163 Å². The number of anilines is 1. The number of hydrogen-bond acceptors (Lipinski definition) is 4. The molecule has 1 aromatic heterocycles. The topological polar surface area (TPSA) is 46.6 Å². The van der Waals surface area contributed by atoms with Crippen LogP contribution in [0.1, 0.15) is 34.2 Å². The number of aryl methyl sites for hydroxylation is 3. The second-order valence-electron chi connectivity index (χ2n) is 6.03. The summed E-state index contributed by atoms with van der Waals surface area (Å²) in [5.41, 5.74) is 3.00. The van der Waals surface area contributed by atoms with Crippen LogP contribution >= 0.6 is 22.9 Å². The zero-order chi connectivity index (χ0) is 19.1. The molecule has 1 aromatic carbocycles. The highest BCUT2D eigenvalue weighted by molar-refractivity contribution is 7.12. The van der Waals surface area contributed by atoms with Crippen molar-refractivity contribution in [1.29, 1.82) is 0 Å². The molecule has 1 amide bonds. The summed E-state index contributed by atoms with van der Waals surface area (Å²) in [4.78, 5) is 27.9. The number of carbonyl (C=O) groups is 2. The van der Waals surface area contributed by atoms with Gasteiger partial charge in [-0.15, -0.1) is 22.9 Å². The van der Waals surface area contributed by atoms with Gasteiger partial charge in [-0.05, 0) is 50.5 Å². The normalized spacial score (nSPS) is 10.6. The molecule has 2 rings (SSSR count). The number of benzene rings is 1. The van der Waals surface area contributed by atoms with Crippen LogP contribution in [0.2, 0.25) is 0 Å². The zero-order valence-corrected chi connectivity index (χ0v) is 17.0. The van der Waals surface area contributed by atoms with E-state index in [9.17, 15) is 9.59 Å². The van der Waals surface area contributed by atoms with Crippen molar-refractivity contribution in [3.05, 3.63) is 51.2 Å². The molecule has 0 aliphatic carbocycles. The number of rotatable bonds is 8. The molecule has 4 nitrogen and oxygen atoms in total. The first-order chi connectivity index (χ1) is 12.5. The van der Waals surface area contributed by atoms with Crippen LogP contribution in [0.15, 0.2) is 30.3 Å². The highest BCUT2D eigenvalue weighted by atomic mass is 35.5. The summed E-state index contributed by atoms with van der Waals surface area (Å²) in [6, 6.07) is 9.99. The molecule has 0 bridgehead atoms. The van der Waals surface area contributed by atoms with Crippen molar-refractivity contribution in [1.82, 2.24) is 0 Å². The van der Waals surface area contributed by atoms with E-state index in [1.54, 1.807) is 23.2 Å². The first-order valence-corrected chi connectivity index (χ1v) is 9.97. The molecule has 2 aromatic rings. The molecule has 0 radical (unpaired) electrons. The molecule has 0 aliphatic rings.